The minimum absolute atomic E-state index is 0.104. The van der Waals surface area contributed by atoms with E-state index in [1.165, 1.54) is 37.0 Å². The Kier molecular flexibility index (Phi) is 6.60. The number of fused-ring (bicyclic) bond motifs is 1. The SMILES string of the molecule is COC(=O)C1=C(C)N=c2s/c(=C/c3ccc(OC(F)F)c(OC)c3)c(=O)n2[C@@H]1c1ccccc1. The lowest BCUT2D eigenvalue weighted by molar-refractivity contribution is -0.136. The molecule has 0 amide bonds. The fraction of sp³-hybridized carbons (Fsp3) is 0.208. The summed E-state index contributed by atoms with van der Waals surface area (Å²) in [6.45, 7) is -1.29. The summed E-state index contributed by atoms with van der Waals surface area (Å²) in [7, 11) is 2.62. The second-order valence-electron chi connectivity index (χ2n) is 7.27. The van der Waals surface area contributed by atoms with Crippen molar-refractivity contribution in [3.63, 3.8) is 0 Å². The normalized spacial score (nSPS) is 15.7. The number of benzene rings is 2. The largest absolute Gasteiger partial charge is 0.493 e. The molecule has 176 valence electrons. The summed E-state index contributed by atoms with van der Waals surface area (Å²) in [5.41, 5.74) is 1.67. The molecular formula is C24H20F2N2O5S. The van der Waals surface area contributed by atoms with Crippen molar-refractivity contribution >= 4 is 23.4 Å². The average Bonchev–Trinajstić information content (AvgIpc) is 3.13. The molecule has 0 saturated carbocycles. The summed E-state index contributed by atoms with van der Waals surface area (Å²) in [5.74, 6) is -0.574. The number of nitrogens with zero attached hydrogens (tertiary/aromatic N) is 2. The van der Waals surface area contributed by atoms with Gasteiger partial charge in [-0.2, -0.15) is 8.78 Å². The van der Waals surface area contributed by atoms with Crippen LogP contribution >= 0.6 is 11.3 Å². The van der Waals surface area contributed by atoms with Gasteiger partial charge in [-0.05, 0) is 36.3 Å². The molecule has 0 saturated heterocycles. The highest BCUT2D eigenvalue weighted by Crippen LogP contribution is 2.31. The van der Waals surface area contributed by atoms with Crippen LogP contribution in [0.5, 0.6) is 11.5 Å². The van der Waals surface area contributed by atoms with Crippen molar-refractivity contribution in [1.82, 2.24) is 4.57 Å². The zero-order chi connectivity index (χ0) is 24.4. The third kappa shape index (κ3) is 4.36. The smallest absolute Gasteiger partial charge is 0.387 e. The summed E-state index contributed by atoms with van der Waals surface area (Å²) >= 11 is 1.16. The van der Waals surface area contributed by atoms with E-state index < -0.39 is 18.6 Å². The molecule has 0 N–H and O–H groups in total. The molecule has 0 unspecified atom stereocenters. The maximum absolute atomic E-state index is 13.5. The van der Waals surface area contributed by atoms with Gasteiger partial charge in [-0.25, -0.2) is 9.79 Å². The van der Waals surface area contributed by atoms with E-state index >= 15 is 0 Å². The lowest BCUT2D eigenvalue weighted by Crippen LogP contribution is -2.39. The predicted octanol–water partition coefficient (Wildman–Crippen LogP) is 3.02. The van der Waals surface area contributed by atoms with Crippen molar-refractivity contribution in [2.45, 2.75) is 19.6 Å². The molecule has 10 heteroatoms. The maximum atomic E-state index is 13.5. The van der Waals surface area contributed by atoms with E-state index in [9.17, 15) is 18.4 Å². The molecule has 4 rings (SSSR count). The van der Waals surface area contributed by atoms with Gasteiger partial charge in [0.1, 0.15) is 0 Å². The second kappa shape index (κ2) is 9.60. The lowest BCUT2D eigenvalue weighted by atomic mass is 9.96. The van der Waals surface area contributed by atoms with Gasteiger partial charge in [0.2, 0.25) is 0 Å². The molecule has 0 spiro atoms. The van der Waals surface area contributed by atoms with Gasteiger partial charge in [0.15, 0.2) is 16.3 Å². The lowest BCUT2D eigenvalue weighted by Gasteiger charge is -2.24. The van der Waals surface area contributed by atoms with Crippen LogP contribution in [0, 0.1) is 0 Å². The molecule has 2 heterocycles. The highest BCUT2D eigenvalue weighted by molar-refractivity contribution is 7.07. The number of aromatic nitrogens is 1. The Hall–Kier alpha value is -3.79. The van der Waals surface area contributed by atoms with E-state index in [-0.39, 0.29) is 22.6 Å². The molecule has 1 atom stereocenters. The molecule has 3 aromatic rings. The Labute approximate surface area is 196 Å². The predicted molar refractivity (Wildman–Crippen MR) is 122 cm³/mol. The number of halogens is 2. The molecule has 1 aliphatic heterocycles. The number of allylic oxidation sites excluding steroid dienone is 1. The topological polar surface area (TPSA) is 79.1 Å². The van der Waals surface area contributed by atoms with Crippen LogP contribution in [0.25, 0.3) is 6.08 Å². The van der Waals surface area contributed by atoms with E-state index in [1.807, 2.05) is 30.3 Å². The van der Waals surface area contributed by atoms with Crippen LogP contribution in [-0.2, 0) is 9.53 Å². The van der Waals surface area contributed by atoms with Crippen molar-refractivity contribution in [3.05, 3.63) is 90.6 Å². The quantitative estimate of drug-likeness (QED) is 0.501. The summed E-state index contributed by atoms with van der Waals surface area (Å²) in [4.78, 5) is 31.0. The second-order valence-corrected chi connectivity index (χ2v) is 8.28. The van der Waals surface area contributed by atoms with E-state index in [0.717, 1.165) is 16.9 Å². The molecule has 2 aromatic carbocycles. The van der Waals surface area contributed by atoms with Gasteiger partial charge in [0.25, 0.3) is 5.56 Å². The molecule has 0 bridgehead atoms. The Morgan fingerprint density at radius 1 is 1.15 bits per heavy atom. The number of hydrogen-bond donors (Lipinski definition) is 0. The van der Waals surface area contributed by atoms with Crippen molar-refractivity contribution in [2.75, 3.05) is 14.2 Å². The standard InChI is InChI=1S/C24H20F2N2O5S/c1-13-19(22(30)32-3)20(15-7-5-4-6-8-15)28-21(29)18(34-24(28)27-13)12-14-9-10-16(33-23(25)26)17(11-14)31-2/h4-12,20,23H,1-3H3/b18-12+/t20-/m1/s1. The Morgan fingerprint density at radius 3 is 2.53 bits per heavy atom. The number of methoxy groups -OCH3 is 2. The molecular weight excluding hydrogens is 466 g/mol. The average molecular weight is 486 g/mol. The number of carbonyl (C=O) groups excluding carboxylic acids is 1. The number of rotatable bonds is 6. The molecule has 0 fully saturated rings. The van der Waals surface area contributed by atoms with Gasteiger partial charge in [-0.3, -0.25) is 9.36 Å². The molecule has 0 radical (unpaired) electrons. The first-order chi connectivity index (χ1) is 16.3. The third-order valence-corrected chi connectivity index (χ3v) is 6.23. The van der Waals surface area contributed by atoms with E-state index in [1.54, 1.807) is 13.0 Å². The molecule has 7 nitrogen and oxygen atoms in total. The van der Waals surface area contributed by atoms with Gasteiger partial charge in [-0.15, -0.1) is 0 Å². The molecule has 34 heavy (non-hydrogen) atoms. The van der Waals surface area contributed by atoms with Crippen molar-refractivity contribution < 1.29 is 27.8 Å². The van der Waals surface area contributed by atoms with Gasteiger partial charge in [-0.1, -0.05) is 47.7 Å². The van der Waals surface area contributed by atoms with Crippen LogP contribution in [-0.4, -0.2) is 31.4 Å². The third-order valence-electron chi connectivity index (χ3n) is 5.24. The number of alkyl halides is 2. The summed E-state index contributed by atoms with van der Waals surface area (Å²) in [6.07, 6.45) is 1.61. The van der Waals surface area contributed by atoms with Crippen molar-refractivity contribution in [3.8, 4) is 11.5 Å². The summed E-state index contributed by atoms with van der Waals surface area (Å²) < 4.78 is 41.6. The van der Waals surface area contributed by atoms with Crippen LogP contribution in [0.4, 0.5) is 8.78 Å². The van der Waals surface area contributed by atoms with Crippen molar-refractivity contribution in [2.24, 2.45) is 4.99 Å². The number of ether oxygens (including phenoxy) is 3. The van der Waals surface area contributed by atoms with Gasteiger partial charge < -0.3 is 14.2 Å². The number of carbonyl (C=O) groups is 1. The summed E-state index contributed by atoms with van der Waals surface area (Å²) in [5, 5.41) is 0. The molecule has 1 aliphatic rings. The Morgan fingerprint density at radius 2 is 1.88 bits per heavy atom. The minimum Gasteiger partial charge on any atom is -0.493 e. The van der Waals surface area contributed by atoms with Crippen LogP contribution in [0.2, 0.25) is 0 Å². The van der Waals surface area contributed by atoms with E-state index in [2.05, 4.69) is 9.73 Å². The maximum Gasteiger partial charge on any atom is 0.387 e. The van der Waals surface area contributed by atoms with Crippen LogP contribution in [0.3, 0.4) is 0 Å². The Bertz CT molecular complexity index is 1440. The Balaban J connectivity index is 1.88. The molecule has 1 aromatic heterocycles. The highest BCUT2D eigenvalue weighted by Gasteiger charge is 2.32. The molecule has 0 aliphatic carbocycles. The monoisotopic (exact) mass is 486 g/mol. The van der Waals surface area contributed by atoms with Gasteiger partial charge >= 0.3 is 12.6 Å². The van der Waals surface area contributed by atoms with Crippen LogP contribution in [0.1, 0.15) is 24.1 Å². The minimum atomic E-state index is -2.99. The van der Waals surface area contributed by atoms with E-state index in [4.69, 9.17) is 9.47 Å². The van der Waals surface area contributed by atoms with Crippen molar-refractivity contribution in [1.29, 1.82) is 0 Å². The first-order valence-corrected chi connectivity index (χ1v) is 10.9. The first-order valence-electron chi connectivity index (χ1n) is 10.1. The summed E-state index contributed by atoms with van der Waals surface area (Å²) in [6, 6.07) is 12.8. The highest BCUT2D eigenvalue weighted by atomic mass is 32.1. The van der Waals surface area contributed by atoms with Crippen LogP contribution in [0.15, 0.2) is 69.6 Å². The zero-order valence-electron chi connectivity index (χ0n) is 18.5. The van der Waals surface area contributed by atoms with Gasteiger partial charge in [0, 0.05) is 0 Å². The first kappa shape index (κ1) is 23.4. The zero-order valence-corrected chi connectivity index (χ0v) is 19.3. The number of esters is 1. The van der Waals surface area contributed by atoms with Crippen LogP contribution < -0.4 is 24.4 Å². The van der Waals surface area contributed by atoms with Gasteiger partial charge in [0.05, 0.1) is 36.1 Å². The fourth-order valence-electron chi connectivity index (χ4n) is 3.76. The fourth-order valence-corrected chi connectivity index (χ4v) is 4.81. The number of hydrogen-bond acceptors (Lipinski definition) is 7. The van der Waals surface area contributed by atoms with E-state index in [0.29, 0.717) is 20.6 Å². The number of thiazole rings is 1.